The van der Waals surface area contributed by atoms with Crippen LogP contribution in [0.25, 0.3) is 11.1 Å². The monoisotopic (exact) mass is 803 g/mol. The maximum atomic E-state index is 2.70. The third-order valence-electron chi connectivity index (χ3n) is 19.1. The van der Waals surface area contributed by atoms with Gasteiger partial charge in [-0.1, -0.05) is 161 Å². The maximum Gasteiger partial charge on any atom is 0.0543 e. The van der Waals surface area contributed by atoms with Gasteiger partial charge in [-0.15, -0.1) is 0 Å². The zero-order valence-corrected chi connectivity index (χ0v) is 36.7. The molecule has 0 aliphatic heterocycles. The topological polar surface area (TPSA) is 3.24 Å². The highest BCUT2D eigenvalue weighted by atomic mass is 15.1. The zero-order chi connectivity index (χ0) is 41.4. The van der Waals surface area contributed by atoms with Gasteiger partial charge in [0.1, 0.15) is 0 Å². The first-order valence-corrected chi connectivity index (χ1v) is 24.0. The highest BCUT2D eigenvalue weighted by molar-refractivity contribution is 5.96. The molecule has 14 rings (SSSR count). The van der Waals surface area contributed by atoms with Crippen molar-refractivity contribution in [3.8, 4) is 11.1 Å². The Kier molecular flexibility index (Phi) is 6.98. The minimum absolute atomic E-state index is 0.0905. The number of anilines is 3. The van der Waals surface area contributed by atoms with E-state index in [0.29, 0.717) is 11.3 Å². The molecule has 0 aromatic heterocycles. The SMILES string of the molecule is CC1(C)CCC(C)(C)c2cc(N(c3cccc(C4(c5ccccc5)c5ccccc5C5C=CC=CC54)c3)c3cccc4c3-c3ccccc3C43C4CC5CC6CC3C64C5)ccc21. The normalized spacial score (nSPS) is 33.4. The highest BCUT2D eigenvalue weighted by Crippen LogP contribution is 2.90. The summed E-state index contributed by atoms with van der Waals surface area (Å²) in [7, 11) is 0. The van der Waals surface area contributed by atoms with Gasteiger partial charge in [-0.2, -0.15) is 0 Å². The molecule has 0 amide bonds. The van der Waals surface area contributed by atoms with E-state index in [2.05, 4.69) is 196 Å². The van der Waals surface area contributed by atoms with Crippen molar-refractivity contribution in [1.29, 1.82) is 0 Å². The second-order valence-electron chi connectivity index (χ2n) is 22.3. The molecular weight excluding hydrogens is 747 g/mol. The molecule has 0 heterocycles. The lowest BCUT2D eigenvalue weighted by Crippen LogP contribution is -2.73. The number of allylic oxidation sites excluding steroid dienone is 4. The third kappa shape index (κ3) is 4.14. The highest BCUT2D eigenvalue weighted by Gasteiger charge is 2.84. The molecule has 9 unspecified atom stereocenters. The third-order valence-corrected chi connectivity index (χ3v) is 19.1. The average molecular weight is 804 g/mol. The predicted octanol–water partition coefficient (Wildman–Crippen LogP) is 15.0. The van der Waals surface area contributed by atoms with Crippen molar-refractivity contribution in [2.45, 2.75) is 93.8 Å². The fourth-order valence-electron chi connectivity index (χ4n) is 16.8. The van der Waals surface area contributed by atoms with Crippen LogP contribution in [-0.4, -0.2) is 0 Å². The Labute approximate surface area is 368 Å². The molecule has 4 saturated carbocycles. The second kappa shape index (κ2) is 12.0. The lowest BCUT2D eigenvalue weighted by Gasteiger charge is -2.76. The average Bonchev–Trinajstić information content (AvgIpc) is 4.01. The van der Waals surface area contributed by atoms with Crippen molar-refractivity contribution in [3.63, 3.8) is 0 Å². The van der Waals surface area contributed by atoms with Crippen molar-refractivity contribution in [2.75, 3.05) is 4.90 Å². The molecule has 0 radical (unpaired) electrons. The van der Waals surface area contributed by atoms with Gasteiger partial charge in [0.15, 0.2) is 0 Å². The molecule has 6 aromatic rings. The van der Waals surface area contributed by atoms with Crippen LogP contribution in [0, 0.1) is 35.0 Å². The standard InChI is InChI=1S/C61H57N/c1-57(2)30-31-58(3,4)52-36-43(28-29-50(52)57)62(53-27-15-26-51-56(53)46-22-10-13-25-49(46)61(51)54-33-38-32-41-35-55(61)59(41,54)37-38)42-19-14-18-40(34-42)60(39-16-6-5-7-17-39)47-23-11-8-20-44(47)45-21-9-12-24-48(45)60/h5-29,34,36,38,41,44,47,54-55H,30-33,35,37H2,1-4H3. The molecule has 2 bridgehead atoms. The Morgan fingerprint density at radius 1 is 0.532 bits per heavy atom. The van der Waals surface area contributed by atoms with E-state index in [4.69, 9.17) is 0 Å². The quantitative estimate of drug-likeness (QED) is 0.168. The van der Waals surface area contributed by atoms with Crippen LogP contribution in [0.4, 0.5) is 17.1 Å². The molecule has 0 N–H and O–H groups in total. The summed E-state index contributed by atoms with van der Waals surface area (Å²) in [5, 5.41) is 0. The summed E-state index contributed by atoms with van der Waals surface area (Å²) in [6.45, 7) is 9.87. The van der Waals surface area contributed by atoms with Crippen LogP contribution >= 0.6 is 0 Å². The van der Waals surface area contributed by atoms with E-state index in [1.807, 2.05) is 0 Å². The number of nitrogens with zero attached hydrogens (tertiary/aromatic N) is 1. The van der Waals surface area contributed by atoms with Crippen LogP contribution in [0.5, 0.6) is 0 Å². The minimum Gasteiger partial charge on any atom is -0.310 e. The molecule has 1 nitrogen and oxygen atoms in total. The van der Waals surface area contributed by atoms with E-state index in [1.54, 1.807) is 11.1 Å². The largest absolute Gasteiger partial charge is 0.310 e. The van der Waals surface area contributed by atoms with Crippen molar-refractivity contribution in [2.24, 2.45) is 35.0 Å². The second-order valence-corrected chi connectivity index (χ2v) is 22.3. The first-order valence-electron chi connectivity index (χ1n) is 24.0. The molecule has 4 fully saturated rings. The number of hydrogen-bond acceptors (Lipinski definition) is 1. The van der Waals surface area contributed by atoms with E-state index in [1.165, 1.54) is 100 Å². The first-order chi connectivity index (χ1) is 30.2. The smallest absolute Gasteiger partial charge is 0.0543 e. The Bertz CT molecular complexity index is 2950. The molecule has 9 atom stereocenters. The van der Waals surface area contributed by atoms with Gasteiger partial charge in [-0.3, -0.25) is 0 Å². The fraction of sp³-hybridized carbons (Fsp3) is 0.344. The lowest BCUT2D eigenvalue weighted by molar-refractivity contribution is -0.231. The summed E-state index contributed by atoms with van der Waals surface area (Å²) in [5.41, 5.74) is 19.3. The van der Waals surface area contributed by atoms with Crippen LogP contribution < -0.4 is 4.90 Å². The van der Waals surface area contributed by atoms with E-state index in [-0.39, 0.29) is 27.6 Å². The summed E-state index contributed by atoms with van der Waals surface area (Å²) < 4.78 is 0. The Balaban J connectivity index is 1.03. The van der Waals surface area contributed by atoms with Gasteiger partial charge in [-0.25, -0.2) is 0 Å². The van der Waals surface area contributed by atoms with E-state index in [0.717, 1.165) is 23.7 Å². The van der Waals surface area contributed by atoms with Crippen molar-refractivity contribution in [3.05, 3.63) is 208 Å². The maximum absolute atomic E-state index is 2.70. The van der Waals surface area contributed by atoms with Gasteiger partial charge >= 0.3 is 0 Å². The fourth-order valence-corrected chi connectivity index (χ4v) is 16.8. The molecule has 1 heteroatoms. The van der Waals surface area contributed by atoms with E-state index in [9.17, 15) is 0 Å². The summed E-state index contributed by atoms with van der Waals surface area (Å²) in [6, 6.07) is 55.3. The molecular formula is C61H57N. The van der Waals surface area contributed by atoms with Gasteiger partial charge in [0.25, 0.3) is 0 Å². The number of fused-ring (bicyclic) bond motifs is 12. The van der Waals surface area contributed by atoms with Crippen LogP contribution in [-0.2, 0) is 21.7 Å². The van der Waals surface area contributed by atoms with Crippen LogP contribution in [0.1, 0.15) is 117 Å². The van der Waals surface area contributed by atoms with Gasteiger partial charge < -0.3 is 4.90 Å². The molecule has 2 spiro atoms. The summed E-state index contributed by atoms with van der Waals surface area (Å²) >= 11 is 0. The van der Waals surface area contributed by atoms with Gasteiger partial charge in [0.2, 0.25) is 0 Å². The summed E-state index contributed by atoms with van der Waals surface area (Å²) in [6.07, 6.45) is 17.7. The molecule has 0 saturated heterocycles. The molecule has 6 aromatic carbocycles. The van der Waals surface area contributed by atoms with Crippen LogP contribution in [0.15, 0.2) is 164 Å². The number of rotatable bonds is 5. The summed E-state index contributed by atoms with van der Waals surface area (Å²) in [5.74, 6) is 4.03. The van der Waals surface area contributed by atoms with Crippen molar-refractivity contribution >= 4 is 17.1 Å². The predicted molar refractivity (Wildman–Crippen MR) is 255 cm³/mol. The van der Waals surface area contributed by atoms with Crippen molar-refractivity contribution < 1.29 is 0 Å². The number of hydrogen-bond donors (Lipinski definition) is 0. The minimum atomic E-state index is -0.356. The molecule has 306 valence electrons. The van der Waals surface area contributed by atoms with Crippen molar-refractivity contribution in [1.82, 2.24) is 0 Å². The first kappa shape index (κ1) is 36.1. The van der Waals surface area contributed by atoms with Crippen LogP contribution in [0.2, 0.25) is 0 Å². The zero-order valence-electron chi connectivity index (χ0n) is 36.7. The summed E-state index contributed by atoms with van der Waals surface area (Å²) in [4.78, 5) is 2.70. The lowest BCUT2D eigenvalue weighted by atomic mass is 9.27. The Morgan fingerprint density at radius 2 is 1.23 bits per heavy atom. The van der Waals surface area contributed by atoms with E-state index < -0.39 is 0 Å². The Morgan fingerprint density at radius 3 is 2.08 bits per heavy atom. The molecule has 8 aliphatic carbocycles. The molecule has 62 heavy (non-hydrogen) atoms. The van der Waals surface area contributed by atoms with Gasteiger partial charge in [0.05, 0.1) is 11.1 Å². The Hall–Kier alpha value is -5.40. The number of benzene rings is 6. The van der Waals surface area contributed by atoms with Gasteiger partial charge in [0, 0.05) is 34.2 Å². The van der Waals surface area contributed by atoms with Crippen LogP contribution in [0.3, 0.4) is 0 Å². The van der Waals surface area contributed by atoms with Gasteiger partial charge in [-0.05, 0) is 159 Å². The van der Waals surface area contributed by atoms with E-state index >= 15 is 0 Å². The molecule has 8 aliphatic rings.